The molecule has 2 heterocycles. The largest absolute Gasteiger partial charge is 0.458 e. The van der Waals surface area contributed by atoms with Crippen molar-refractivity contribution in [3.8, 4) is 11.5 Å². The van der Waals surface area contributed by atoms with Gasteiger partial charge in [-0.2, -0.15) is 0 Å². The summed E-state index contributed by atoms with van der Waals surface area (Å²) in [5, 5.41) is 26.9. The van der Waals surface area contributed by atoms with Crippen LogP contribution in [0.4, 0.5) is 5.69 Å². The number of carbonyl (C=O) groups excluding carboxylic acids is 3. The number of aliphatic hydroxyl groups excluding tert-OH is 1. The van der Waals surface area contributed by atoms with Crippen molar-refractivity contribution in [3.63, 3.8) is 0 Å². The summed E-state index contributed by atoms with van der Waals surface area (Å²) in [6.07, 6.45) is 6.71. The number of allylic oxidation sites excluding steroid dienone is 4. The van der Waals surface area contributed by atoms with Gasteiger partial charge in [0.1, 0.15) is 22.9 Å². The van der Waals surface area contributed by atoms with E-state index in [1.807, 2.05) is 55.5 Å². The Morgan fingerprint density at radius 2 is 1.88 bits per heavy atom. The van der Waals surface area contributed by atoms with Gasteiger partial charge in [-0.05, 0) is 85.9 Å². The van der Waals surface area contributed by atoms with E-state index in [9.17, 15) is 24.6 Å². The molecule has 2 aromatic rings. The summed E-state index contributed by atoms with van der Waals surface area (Å²) in [7, 11) is 0. The van der Waals surface area contributed by atoms with Crippen LogP contribution in [0.2, 0.25) is 5.02 Å². The zero-order valence-electron chi connectivity index (χ0n) is 30.2. The van der Waals surface area contributed by atoms with Gasteiger partial charge in [0.05, 0.1) is 11.7 Å². The number of hydrogen-bond acceptors (Lipinski definition) is 10. The number of hydrogen-bond donors (Lipinski definition) is 3. The second kappa shape index (κ2) is 13.9. The first-order valence-electron chi connectivity index (χ1n) is 18.4. The summed E-state index contributed by atoms with van der Waals surface area (Å²) in [5.41, 5.74) is 0.0834. The third-order valence-corrected chi connectivity index (χ3v) is 13.0. The number of para-hydroxylation sites is 2. The Bertz CT molecular complexity index is 1870. The molecule has 0 spiro atoms. The number of fused-ring (bicyclic) bond motifs is 7. The average Bonchev–Trinajstić information content (AvgIpc) is 3.28. The van der Waals surface area contributed by atoms with E-state index in [4.69, 9.17) is 26.1 Å². The van der Waals surface area contributed by atoms with Crippen LogP contribution in [0.3, 0.4) is 0 Å². The third kappa shape index (κ3) is 6.21. The van der Waals surface area contributed by atoms with Crippen LogP contribution in [0.25, 0.3) is 0 Å². The van der Waals surface area contributed by atoms with Gasteiger partial charge in [0, 0.05) is 54.9 Å². The Kier molecular flexibility index (Phi) is 9.74. The number of esters is 1. The quantitative estimate of drug-likeness (QED) is 0.335. The van der Waals surface area contributed by atoms with Gasteiger partial charge in [-0.1, -0.05) is 56.2 Å². The van der Waals surface area contributed by atoms with Gasteiger partial charge in [-0.15, -0.1) is 0 Å². The molecule has 8 rings (SSSR count). The Morgan fingerprint density at radius 3 is 2.63 bits per heavy atom. The molecule has 52 heavy (non-hydrogen) atoms. The number of carbonyl (C=O) groups is 3. The molecule has 8 atom stereocenters. The van der Waals surface area contributed by atoms with Gasteiger partial charge in [0.2, 0.25) is 5.78 Å². The highest BCUT2D eigenvalue weighted by atomic mass is 35.5. The normalized spacial score (nSPS) is 34.3. The van der Waals surface area contributed by atoms with Gasteiger partial charge < -0.3 is 29.9 Å². The van der Waals surface area contributed by atoms with E-state index in [1.165, 1.54) is 6.92 Å². The summed E-state index contributed by atoms with van der Waals surface area (Å²) < 4.78 is 11.0. The maximum absolute atomic E-state index is 12.9. The second-order valence-electron chi connectivity index (χ2n) is 15.7. The number of nitrogens with one attached hydrogen (secondary N) is 1. The van der Waals surface area contributed by atoms with Crippen molar-refractivity contribution >= 4 is 40.7 Å². The smallest absolute Gasteiger partial charge is 0.303 e. The number of aliphatic hydroxyl groups is 2. The van der Waals surface area contributed by atoms with Crippen molar-refractivity contribution in [3.05, 3.63) is 76.9 Å². The van der Waals surface area contributed by atoms with E-state index in [-0.39, 0.29) is 29.5 Å². The molecular weight excluding hydrogens is 682 g/mol. The van der Waals surface area contributed by atoms with Crippen LogP contribution < -0.4 is 10.1 Å². The first-order valence-corrected chi connectivity index (χ1v) is 18.8. The van der Waals surface area contributed by atoms with Crippen molar-refractivity contribution in [1.82, 2.24) is 10.2 Å². The molecule has 2 aromatic carbocycles. The highest BCUT2D eigenvalue weighted by Gasteiger charge is 2.68. The average molecular weight is 730 g/mol. The number of ketones is 2. The van der Waals surface area contributed by atoms with E-state index in [0.29, 0.717) is 24.3 Å². The molecule has 276 valence electrons. The lowest BCUT2D eigenvalue weighted by Crippen LogP contribution is -2.62. The summed E-state index contributed by atoms with van der Waals surface area (Å²) in [5.74, 6) is 1.79. The molecule has 3 saturated carbocycles. The van der Waals surface area contributed by atoms with Gasteiger partial charge in [-0.25, -0.2) is 4.99 Å². The van der Waals surface area contributed by atoms with Crippen molar-refractivity contribution in [2.45, 2.75) is 65.1 Å². The maximum atomic E-state index is 12.9. The van der Waals surface area contributed by atoms with Crippen molar-refractivity contribution in [2.75, 3.05) is 32.8 Å². The Labute approximate surface area is 309 Å². The van der Waals surface area contributed by atoms with Gasteiger partial charge in [0.25, 0.3) is 0 Å². The molecule has 0 amide bonds. The highest BCUT2D eigenvalue weighted by molar-refractivity contribution is 6.31. The van der Waals surface area contributed by atoms with Gasteiger partial charge in [-0.3, -0.25) is 14.4 Å². The second-order valence-corrected chi connectivity index (χ2v) is 16.2. The number of benzene rings is 2. The summed E-state index contributed by atoms with van der Waals surface area (Å²) in [6, 6.07) is 13.6. The lowest BCUT2D eigenvalue weighted by atomic mass is 9.45. The minimum atomic E-state index is -1.61. The number of amidine groups is 1. The Hall–Kier alpha value is -3.83. The van der Waals surface area contributed by atoms with Crippen molar-refractivity contribution in [1.29, 1.82) is 0 Å². The maximum Gasteiger partial charge on any atom is 0.303 e. The van der Waals surface area contributed by atoms with E-state index in [2.05, 4.69) is 24.1 Å². The topological polar surface area (TPSA) is 138 Å². The molecule has 0 unspecified atom stereocenters. The lowest BCUT2D eigenvalue weighted by molar-refractivity contribution is -0.182. The van der Waals surface area contributed by atoms with E-state index in [1.54, 1.807) is 12.2 Å². The van der Waals surface area contributed by atoms with Crippen molar-refractivity contribution < 1.29 is 34.1 Å². The molecule has 1 saturated heterocycles. The highest BCUT2D eigenvalue weighted by Crippen LogP contribution is 2.67. The summed E-state index contributed by atoms with van der Waals surface area (Å²) in [4.78, 5) is 43.3. The van der Waals surface area contributed by atoms with E-state index >= 15 is 0 Å². The minimum absolute atomic E-state index is 0.00535. The molecule has 4 aliphatic carbocycles. The first kappa shape index (κ1) is 36.5. The molecule has 0 bridgehead atoms. The van der Waals surface area contributed by atoms with Crippen LogP contribution in [0.5, 0.6) is 11.5 Å². The minimum Gasteiger partial charge on any atom is -0.458 e. The molecule has 2 aliphatic heterocycles. The number of nitrogens with zero attached hydrogens (tertiary/aromatic N) is 2. The zero-order chi connectivity index (χ0) is 37.0. The molecule has 0 aromatic heterocycles. The number of rotatable bonds is 3. The summed E-state index contributed by atoms with van der Waals surface area (Å²) >= 11 is 6.20. The zero-order valence-corrected chi connectivity index (χ0v) is 31.0. The molecule has 4 fully saturated rings. The monoisotopic (exact) mass is 729 g/mol. The van der Waals surface area contributed by atoms with Crippen molar-refractivity contribution in [2.24, 2.45) is 39.5 Å². The Balaban J connectivity index is 0.000000169. The first-order chi connectivity index (χ1) is 24.7. The predicted molar refractivity (Wildman–Crippen MR) is 198 cm³/mol. The number of aliphatic imine (C=N–C) groups is 1. The standard InChI is InChI=1S/C24H32O6.C17H16ClN3O/c1-13-9-16-17-6-8-24(29,20(28)12-30-14(2)25)23(17,4)11-19(27)21(16)22(3)7-5-15(26)10-18(13)22;18-12-5-6-15-13(11-12)17(21-9-7-19-8-10-21)20-14-3-1-2-4-16(14)22-15/h5,7,10,13,16-17,19,21,27,29H,6,8-9,11-12H2,1-4H3;1-6,11,19H,7-10H2/t13-,16-,17-,19-,21+,22-,23-,24-;/m0./s1. The molecule has 0 radical (unpaired) electrons. The van der Waals surface area contributed by atoms with E-state index < -0.39 is 40.9 Å². The third-order valence-electron chi connectivity index (χ3n) is 12.7. The molecule has 6 aliphatic rings. The fourth-order valence-corrected chi connectivity index (χ4v) is 10.5. The van der Waals surface area contributed by atoms with E-state index in [0.717, 1.165) is 66.8 Å². The number of piperazine rings is 1. The van der Waals surface area contributed by atoms with Crippen LogP contribution in [-0.4, -0.2) is 83.0 Å². The van der Waals surface area contributed by atoms with Crippen LogP contribution in [-0.2, 0) is 19.1 Å². The van der Waals surface area contributed by atoms with Gasteiger partial charge >= 0.3 is 5.97 Å². The van der Waals surface area contributed by atoms with Crippen LogP contribution >= 0.6 is 11.6 Å². The molecule has 11 heteroatoms. The van der Waals surface area contributed by atoms with Crippen LogP contribution in [0, 0.1) is 34.5 Å². The van der Waals surface area contributed by atoms with Crippen LogP contribution in [0.1, 0.15) is 58.9 Å². The van der Waals surface area contributed by atoms with Gasteiger partial charge in [0.15, 0.2) is 18.1 Å². The SMILES string of the molecule is CC(=O)OCC(=O)[C@@]1(O)CC[C@H]2[C@@H]3C[C@H](C)C4=CC(=O)C=C[C@]4(C)[C@H]3[C@@H](O)C[C@@]21C.Clc1ccc2c(c1)C(N1CCNCC1)=Nc1ccccc1O2. The summed E-state index contributed by atoms with van der Waals surface area (Å²) in [6.45, 7) is 10.7. The molecule has 3 N–H and O–H groups in total. The fraction of sp³-hybridized carbons (Fsp3) is 0.512. The Morgan fingerprint density at radius 1 is 1.13 bits per heavy atom. The fourth-order valence-electron chi connectivity index (χ4n) is 10.3. The predicted octanol–water partition coefficient (Wildman–Crippen LogP) is 5.80. The van der Waals surface area contributed by atoms with Crippen LogP contribution in [0.15, 0.2) is 71.3 Å². The number of ether oxygens (including phenoxy) is 2. The lowest BCUT2D eigenvalue weighted by Gasteiger charge is -2.60. The molecular formula is C41H48ClN3O7. The number of Topliss-reactive ketones (excluding diaryl/α,β-unsaturated/α-hetero) is 1. The molecule has 10 nitrogen and oxygen atoms in total. The number of halogens is 1.